The van der Waals surface area contributed by atoms with Crippen molar-refractivity contribution >= 4 is 11.8 Å². The van der Waals surface area contributed by atoms with Crippen molar-refractivity contribution in [1.82, 2.24) is 10.2 Å². The van der Waals surface area contributed by atoms with Crippen LogP contribution in [0.3, 0.4) is 0 Å². The van der Waals surface area contributed by atoms with E-state index in [-0.39, 0.29) is 17.9 Å². The number of benzene rings is 3. The lowest BCUT2D eigenvalue weighted by Gasteiger charge is -2.34. The number of nitrogens with zero attached hydrogens (tertiary/aromatic N) is 1. The molecule has 0 aromatic heterocycles. The zero-order valence-electron chi connectivity index (χ0n) is 23.9. The maximum Gasteiger partial charge on any atom is 0.243 e. The zero-order valence-corrected chi connectivity index (χ0v) is 23.9. The number of nitrogens with one attached hydrogen (secondary N) is 1. The first-order valence-electron chi connectivity index (χ1n) is 14.7. The largest absolute Gasteiger partial charge is 0.352 e. The molecular formula is C35H44N2O2. The summed E-state index contributed by atoms with van der Waals surface area (Å²) in [6, 6.07) is 26.5. The van der Waals surface area contributed by atoms with Gasteiger partial charge in [-0.25, -0.2) is 0 Å². The van der Waals surface area contributed by atoms with Crippen LogP contribution in [0.4, 0.5) is 0 Å². The summed E-state index contributed by atoms with van der Waals surface area (Å²) in [6.07, 6.45) is 7.09. The third kappa shape index (κ3) is 8.29. The number of carbonyl (C=O) groups is 2. The molecule has 4 heteroatoms. The number of carbonyl (C=O) groups excluding carboxylic acids is 2. The highest BCUT2D eigenvalue weighted by atomic mass is 16.2. The molecule has 0 aliphatic heterocycles. The van der Waals surface area contributed by atoms with Crippen LogP contribution in [0.25, 0.3) is 0 Å². The van der Waals surface area contributed by atoms with Gasteiger partial charge in [0.05, 0.1) is 0 Å². The molecule has 4 rings (SSSR count). The van der Waals surface area contributed by atoms with Crippen molar-refractivity contribution in [1.29, 1.82) is 0 Å². The molecule has 1 aliphatic carbocycles. The molecule has 2 amide bonds. The topological polar surface area (TPSA) is 49.4 Å². The van der Waals surface area contributed by atoms with Crippen LogP contribution in [0.2, 0.25) is 0 Å². The van der Waals surface area contributed by atoms with Gasteiger partial charge in [-0.15, -0.1) is 0 Å². The second-order valence-corrected chi connectivity index (χ2v) is 11.4. The van der Waals surface area contributed by atoms with Gasteiger partial charge in [0.1, 0.15) is 6.04 Å². The lowest BCUT2D eigenvalue weighted by atomic mass is 9.94. The first-order chi connectivity index (χ1) is 18.9. The van der Waals surface area contributed by atoms with Gasteiger partial charge >= 0.3 is 0 Å². The highest BCUT2D eigenvalue weighted by Crippen LogP contribution is 2.22. The van der Waals surface area contributed by atoms with Crippen molar-refractivity contribution in [3.63, 3.8) is 0 Å². The summed E-state index contributed by atoms with van der Waals surface area (Å²) in [6.45, 7) is 6.87. The Balaban J connectivity index is 1.59. The zero-order chi connectivity index (χ0) is 27.6. The Hall–Kier alpha value is -3.40. The van der Waals surface area contributed by atoms with E-state index in [0.717, 1.165) is 47.9 Å². The summed E-state index contributed by atoms with van der Waals surface area (Å²) >= 11 is 0. The molecule has 4 nitrogen and oxygen atoms in total. The lowest BCUT2D eigenvalue weighted by Crippen LogP contribution is -2.53. The van der Waals surface area contributed by atoms with Crippen LogP contribution < -0.4 is 5.32 Å². The molecule has 0 unspecified atom stereocenters. The Labute approximate surface area is 234 Å². The summed E-state index contributed by atoms with van der Waals surface area (Å²) < 4.78 is 0. The molecule has 0 radical (unpaired) electrons. The van der Waals surface area contributed by atoms with Crippen LogP contribution in [0.5, 0.6) is 0 Å². The van der Waals surface area contributed by atoms with Gasteiger partial charge in [-0.05, 0) is 59.9 Å². The van der Waals surface area contributed by atoms with Crippen molar-refractivity contribution < 1.29 is 9.59 Å². The van der Waals surface area contributed by atoms with Crippen molar-refractivity contribution in [2.24, 2.45) is 0 Å². The Bertz CT molecular complexity index is 1200. The average Bonchev–Trinajstić information content (AvgIpc) is 2.95. The molecule has 3 aromatic rings. The van der Waals surface area contributed by atoms with Crippen molar-refractivity contribution in [3.8, 4) is 0 Å². The Morgan fingerprint density at radius 1 is 0.846 bits per heavy atom. The van der Waals surface area contributed by atoms with Gasteiger partial charge in [-0.2, -0.15) is 0 Å². The third-order valence-corrected chi connectivity index (χ3v) is 8.10. The molecular weight excluding hydrogens is 480 g/mol. The maximum absolute atomic E-state index is 14.0. The quantitative estimate of drug-likeness (QED) is 0.290. The average molecular weight is 525 g/mol. The summed E-state index contributed by atoms with van der Waals surface area (Å²) in [7, 11) is 0. The third-order valence-electron chi connectivity index (χ3n) is 8.10. The minimum absolute atomic E-state index is 0.0194. The van der Waals surface area contributed by atoms with Crippen LogP contribution in [0.15, 0.2) is 78.9 Å². The minimum Gasteiger partial charge on any atom is -0.352 e. The predicted octanol–water partition coefficient (Wildman–Crippen LogP) is 7.14. The summed E-state index contributed by atoms with van der Waals surface area (Å²) in [5.74, 6) is 0.464. The van der Waals surface area contributed by atoms with Crippen LogP contribution in [0.1, 0.15) is 86.1 Å². The number of amides is 2. The Morgan fingerprint density at radius 2 is 1.51 bits per heavy atom. The molecule has 0 heterocycles. The lowest BCUT2D eigenvalue weighted by molar-refractivity contribution is -0.141. The molecule has 1 fully saturated rings. The molecule has 1 N–H and O–H groups in total. The van der Waals surface area contributed by atoms with Crippen LogP contribution in [-0.2, 0) is 29.0 Å². The van der Waals surface area contributed by atoms with E-state index in [4.69, 9.17) is 0 Å². The fourth-order valence-corrected chi connectivity index (χ4v) is 5.53. The smallest absolute Gasteiger partial charge is 0.243 e. The standard InChI is InChI=1S/C35H44N2O2/c1-26(2)30-21-18-28(19-22-30)20-23-34(38)37(25-31-15-11-10-12-27(31)3)33(24-29-13-6-4-7-14-29)35(39)36-32-16-8-5-9-17-32/h4,6-7,10-15,18-19,21-22,26,32-33H,5,8-9,16-17,20,23-25H2,1-3H3,(H,36,39)/t33-/m0/s1. The van der Waals surface area contributed by atoms with E-state index in [1.54, 1.807) is 0 Å². The van der Waals surface area contributed by atoms with E-state index in [0.29, 0.717) is 31.7 Å². The SMILES string of the molecule is Cc1ccccc1CN(C(=O)CCc1ccc(C(C)C)cc1)[C@@H](Cc1ccccc1)C(=O)NC1CCCCC1. The summed E-state index contributed by atoms with van der Waals surface area (Å²) in [4.78, 5) is 29.7. The van der Waals surface area contributed by atoms with Gasteiger partial charge in [0.25, 0.3) is 0 Å². The van der Waals surface area contributed by atoms with E-state index in [1.807, 2.05) is 47.4 Å². The van der Waals surface area contributed by atoms with Crippen molar-refractivity contribution in [2.75, 3.05) is 0 Å². The van der Waals surface area contributed by atoms with Gasteiger partial charge in [0.15, 0.2) is 0 Å². The highest BCUT2D eigenvalue weighted by Gasteiger charge is 2.32. The number of rotatable bonds is 11. The monoisotopic (exact) mass is 524 g/mol. The van der Waals surface area contributed by atoms with E-state index in [2.05, 4.69) is 62.5 Å². The molecule has 1 atom stereocenters. The first kappa shape index (κ1) is 28.6. The summed E-state index contributed by atoms with van der Waals surface area (Å²) in [5, 5.41) is 3.33. The van der Waals surface area contributed by atoms with Crippen molar-refractivity contribution in [2.45, 2.75) is 96.7 Å². The van der Waals surface area contributed by atoms with E-state index in [9.17, 15) is 9.59 Å². The van der Waals surface area contributed by atoms with Crippen molar-refractivity contribution in [3.05, 3.63) is 107 Å². The molecule has 1 saturated carbocycles. The molecule has 3 aromatic carbocycles. The molecule has 0 saturated heterocycles. The number of aryl methyl sites for hydroxylation is 2. The van der Waals surface area contributed by atoms with Gasteiger partial charge in [0.2, 0.25) is 11.8 Å². The normalized spacial score (nSPS) is 14.7. The highest BCUT2D eigenvalue weighted by molar-refractivity contribution is 5.88. The predicted molar refractivity (Wildman–Crippen MR) is 160 cm³/mol. The molecule has 39 heavy (non-hydrogen) atoms. The van der Waals surface area contributed by atoms with E-state index >= 15 is 0 Å². The van der Waals surface area contributed by atoms with Gasteiger partial charge in [0, 0.05) is 25.4 Å². The van der Waals surface area contributed by atoms with Crippen LogP contribution in [0, 0.1) is 6.92 Å². The Kier molecular flexibility index (Phi) is 10.4. The van der Waals surface area contributed by atoms with Gasteiger partial charge < -0.3 is 10.2 Å². The number of hydrogen-bond donors (Lipinski definition) is 1. The minimum atomic E-state index is -0.565. The Morgan fingerprint density at radius 3 is 2.18 bits per heavy atom. The maximum atomic E-state index is 14.0. The van der Waals surface area contributed by atoms with E-state index < -0.39 is 6.04 Å². The second-order valence-electron chi connectivity index (χ2n) is 11.4. The molecule has 0 bridgehead atoms. The second kappa shape index (κ2) is 14.1. The van der Waals surface area contributed by atoms with Gasteiger partial charge in [-0.3, -0.25) is 9.59 Å². The fraction of sp³-hybridized carbons (Fsp3) is 0.429. The summed E-state index contributed by atoms with van der Waals surface area (Å²) in [5.41, 5.74) is 5.72. The first-order valence-corrected chi connectivity index (χ1v) is 14.7. The van der Waals surface area contributed by atoms with Crippen LogP contribution >= 0.6 is 0 Å². The molecule has 0 spiro atoms. The fourth-order valence-electron chi connectivity index (χ4n) is 5.53. The molecule has 1 aliphatic rings. The number of hydrogen-bond acceptors (Lipinski definition) is 2. The van der Waals surface area contributed by atoms with Gasteiger partial charge in [-0.1, -0.05) is 112 Å². The van der Waals surface area contributed by atoms with E-state index in [1.165, 1.54) is 12.0 Å². The van der Waals surface area contributed by atoms with Crippen LogP contribution in [-0.4, -0.2) is 28.8 Å². The molecule has 206 valence electrons.